The normalized spacial score (nSPS) is 24.8. The van der Waals surface area contributed by atoms with Gasteiger partial charge in [0.05, 0.1) is 11.3 Å². The molecule has 0 amide bonds. The summed E-state index contributed by atoms with van der Waals surface area (Å²) in [4.78, 5) is 13.1. The molecule has 0 saturated carbocycles. The molecular formula is C14H18FNO. The molecule has 0 radical (unpaired) electrons. The van der Waals surface area contributed by atoms with Crippen molar-refractivity contribution in [3.8, 4) is 0 Å². The molecule has 0 aromatic heterocycles. The van der Waals surface area contributed by atoms with Gasteiger partial charge in [-0.05, 0) is 30.4 Å². The van der Waals surface area contributed by atoms with Gasteiger partial charge in [-0.15, -0.1) is 0 Å². The maximum atomic E-state index is 13.5. The second-order valence-electron chi connectivity index (χ2n) is 4.98. The minimum atomic E-state index is -0.427. The first-order valence-electron chi connectivity index (χ1n) is 6.12. The molecule has 1 aromatic carbocycles. The smallest absolute Gasteiger partial charge is 0.155 e. The molecule has 17 heavy (non-hydrogen) atoms. The number of nitrogens with zero attached hydrogens (tertiary/aromatic N) is 1. The van der Waals surface area contributed by atoms with Crippen molar-refractivity contribution < 1.29 is 9.18 Å². The van der Waals surface area contributed by atoms with Crippen molar-refractivity contribution in [3.05, 3.63) is 29.6 Å². The fourth-order valence-corrected chi connectivity index (χ4v) is 2.40. The third kappa shape index (κ3) is 2.33. The molecule has 1 aliphatic rings. The Bertz CT molecular complexity index is 419. The van der Waals surface area contributed by atoms with Crippen LogP contribution in [0.4, 0.5) is 10.1 Å². The zero-order valence-corrected chi connectivity index (χ0v) is 10.3. The first-order chi connectivity index (χ1) is 8.13. The fourth-order valence-electron chi connectivity index (χ4n) is 2.40. The molecule has 2 nitrogen and oxygen atoms in total. The molecule has 92 valence electrons. The molecule has 1 fully saturated rings. The van der Waals surface area contributed by atoms with E-state index < -0.39 is 5.82 Å². The molecule has 2 unspecified atom stereocenters. The average Bonchev–Trinajstić information content (AvgIpc) is 2.32. The first kappa shape index (κ1) is 12.1. The monoisotopic (exact) mass is 235 g/mol. The van der Waals surface area contributed by atoms with E-state index >= 15 is 0 Å². The Morgan fingerprint density at radius 1 is 1.35 bits per heavy atom. The zero-order chi connectivity index (χ0) is 12.4. The second kappa shape index (κ2) is 4.86. The van der Waals surface area contributed by atoms with Crippen LogP contribution in [0.15, 0.2) is 18.2 Å². The van der Waals surface area contributed by atoms with Crippen LogP contribution in [0.5, 0.6) is 0 Å². The molecule has 0 N–H and O–H groups in total. The van der Waals surface area contributed by atoms with Crippen molar-refractivity contribution in [2.45, 2.75) is 20.3 Å². The Hall–Kier alpha value is -1.38. The Labute approximate surface area is 101 Å². The molecule has 0 spiro atoms. The third-order valence-corrected chi connectivity index (χ3v) is 3.82. The SMILES string of the molecule is CC1CCN(c2cccc(F)c2C=O)CC1C. The average molecular weight is 235 g/mol. The van der Waals surface area contributed by atoms with Crippen molar-refractivity contribution in [2.75, 3.05) is 18.0 Å². The molecule has 1 saturated heterocycles. The number of hydrogen-bond donors (Lipinski definition) is 0. The molecule has 1 heterocycles. The van der Waals surface area contributed by atoms with Gasteiger partial charge in [0.2, 0.25) is 0 Å². The van der Waals surface area contributed by atoms with Crippen molar-refractivity contribution in [2.24, 2.45) is 11.8 Å². The predicted molar refractivity (Wildman–Crippen MR) is 66.9 cm³/mol. The van der Waals surface area contributed by atoms with Gasteiger partial charge < -0.3 is 4.90 Å². The summed E-state index contributed by atoms with van der Waals surface area (Å²) in [6, 6.07) is 4.83. The topological polar surface area (TPSA) is 20.3 Å². The van der Waals surface area contributed by atoms with E-state index in [4.69, 9.17) is 0 Å². The number of hydrogen-bond acceptors (Lipinski definition) is 2. The molecule has 2 rings (SSSR count). The van der Waals surface area contributed by atoms with Crippen molar-refractivity contribution >= 4 is 12.0 Å². The predicted octanol–water partition coefficient (Wildman–Crippen LogP) is 3.12. The number of piperidine rings is 1. The lowest BCUT2D eigenvalue weighted by molar-refractivity contribution is 0.112. The molecule has 1 aromatic rings. The number of anilines is 1. The second-order valence-corrected chi connectivity index (χ2v) is 4.98. The minimum absolute atomic E-state index is 0.189. The maximum Gasteiger partial charge on any atom is 0.155 e. The molecule has 0 bridgehead atoms. The third-order valence-electron chi connectivity index (χ3n) is 3.82. The van der Waals surface area contributed by atoms with E-state index in [0.717, 1.165) is 25.2 Å². The van der Waals surface area contributed by atoms with Crippen LogP contribution in [-0.4, -0.2) is 19.4 Å². The van der Waals surface area contributed by atoms with Crippen LogP contribution in [0.25, 0.3) is 0 Å². The van der Waals surface area contributed by atoms with E-state index in [-0.39, 0.29) is 5.56 Å². The quantitative estimate of drug-likeness (QED) is 0.734. The van der Waals surface area contributed by atoms with Gasteiger partial charge in [-0.1, -0.05) is 19.9 Å². The van der Waals surface area contributed by atoms with E-state index in [0.29, 0.717) is 18.1 Å². The maximum absolute atomic E-state index is 13.5. The number of carbonyl (C=O) groups excluding carboxylic acids is 1. The lowest BCUT2D eigenvalue weighted by Crippen LogP contribution is -2.39. The van der Waals surface area contributed by atoms with E-state index in [1.807, 2.05) is 6.07 Å². The largest absolute Gasteiger partial charge is 0.371 e. The summed E-state index contributed by atoms with van der Waals surface area (Å²) in [6.45, 7) is 6.24. The highest BCUT2D eigenvalue weighted by molar-refractivity contribution is 5.85. The van der Waals surface area contributed by atoms with Crippen molar-refractivity contribution in [3.63, 3.8) is 0 Å². The Kier molecular flexibility index (Phi) is 3.46. The van der Waals surface area contributed by atoms with Crippen LogP contribution >= 0.6 is 0 Å². The molecular weight excluding hydrogens is 217 g/mol. The summed E-state index contributed by atoms with van der Waals surface area (Å²) in [5.74, 6) is 0.842. The Morgan fingerprint density at radius 3 is 2.76 bits per heavy atom. The summed E-state index contributed by atoms with van der Waals surface area (Å²) in [5.41, 5.74) is 0.924. The van der Waals surface area contributed by atoms with E-state index in [1.165, 1.54) is 6.07 Å². The van der Waals surface area contributed by atoms with Crippen molar-refractivity contribution in [1.29, 1.82) is 0 Å². The number of aldehydes is 1. The lowest BCUT2D eigenvalue weighted by atomic mass is 9.88. The van der Waals surface area contributed by atoms with Gasteiger partial charge in [-0.25, -0.2) is 4.39 Å². The zero-order valence-electron chi connectivity index (χ0n) is 10.3. The number of halogens is 1. The molecule has 0 aliphatic carbocycles. The minimum Gasteiger partial charge on any atom is -0.371 e. The van der Waals surface area contributed by atoms with Gasteiger partial charge in [0.25, 0.3) is 0 Å². The van der Waals surface area contributed by atoms with Crippen LogP contribution in [0.3, 0.4) is 0 Å². The highest BCUT2D eigenvalue weighted by Gasteiger charge is 2.24. The standard InChI is InChI=1S/C14H18FNO/c1-10-6-7-16(8-11(10)2)14-5-3-4-13(15)12(14)9-17/h3-5,9-11H,6-8H2,1-2H3. The molecule has 3 heteroatoms. The van der Waals surface area contributed by atoms with Crippen LogP contribution in [-0.2, 0) is 0 Å². The van der Waals surface area contributed by atoms with Gasteiger partial charge >= 0.3 is 0 Å². The number of benzene rings is 1. The van der Waals surface area contributed by atoms with Gasteiger partial charge in [0.1, 0.15) is 5.82 Å². The lowest BCUT2D eigenvalue weighted by Gasteiger charge is -2.37. The van der Waals surface area contributed by atoms with Gasteiger partial charge in [-0.2, -0.15) is 0 Å². The Balaban J connectivity index is 2.28. The van der Waals surface area contributed by atoms with Gasteiger partial charge in [-0.3, -0.25) is 4.79 Å². The van der Waals surface area contributed by atoms with Crippen molar-refractivity contribution in [1.82, 2.24) is 0 Å². The summed E-state index contributed by atoms with van der Waals surface area (Å²) in [7, 11) is 0. The van der Waals surface area contributed by atoms with E-state index in [9.17, 15) is 9.18 Å². The van der Waals surface area contributed by atoms with Crippen LogP contribution < -0.4 is 4.90 Å². The van der Waals surface area contributed by atoms with Crippen LogP contribution in [0.2, 0.25) is 0 Å². The summed E-state index contributed by atoms with van der Waals surface area (Å²) < 4.78 is 13.5. The summed E-state index contributed by atoms with van der Waals surface area (Å²) >= 11 is 0. The van der Waals surface area contributed by atoms with E-state index in [2.05, 4.69) is 18.7 Å². The summed E-state index contributed by atoms with van der Waals surface area (Å²) in [6.07, 6.45) is 1.71. The molecule has 1 aliphatic heterocycles. The number of rotatable bonds is 2. The van der Waals surface area contributed by atoms with Gasteiger partial charge in [0, 0.05) is 13.1 Å². The van der Waals surface area contributed by atoms with Crippen LogP contribution in [0, 0.1) is 17.7 Å². The fraction of sp³-hybridized carbons (Fsp3) is 0.500. The van der Waals surface area contributed by atoms with Crippen LogP contribution in [0.1, 0.15) is 30.6 Å². The van der Waals surface area contributed by atoms with E-state index in [1.54, 1.807) is 6.07 Å². The van der Waals surface area contributed by atoms with Gasteiger partial charge in [0.15, 0.2) is 6.29 Å². The first-order valence-corrected chi connectivity index (χ1v) is 6.12. The highest BCUT2D eigenvalue weighted by Crippen LogP contribution is 2.29. The summed E-state index contributed by atoms with van der Waals surface area (Å²) in [5, 5.41) is 0. The molecule has 2 atom stereocenters. The number of carbonyl (C=O) groups is 1. The highest BCUT2D eigenvalue weighted by atomic mass is 19.1. The Morgan fingerprint density at radius 2 is 2.12 bits per heavy atom.